The van der Waals surface area contributed by atoms with Gasteiger partial charge in [-0.15, -0.1) is 23.2 Å². The summed E-state index contributed by atoms with van der Waals surface area (Å²) in [6, 6.07) is 9.03. The molecule has 0 radical (unpaired) electrons. The number of rotatable bonds is 6. The fraction of sp³-hybridized carbons (Fsp3) is 0.667. The summed E-state index contributed by atoms with van der Waals surface area (Å²) in [7, 11) is 0. The normalized spacial score (nSPS) is 17.1. The number of alkyl halides is 2. The minimum atomic E-state index is 0.0823. The fourth-order valence-corrected chi connectivity index (χ4v) is 4.37. The minimum Gasteiger partial charge on any atom is -0.126 e. The molecule has 0 amide bonds. The first kappa shape index (κ1) is 16.2. The van der Waals surface area contributed by atoms with Gasteiger partial charge in [-0.1, -0.05) is 51.0 Å². The molecule has 1 saturated carbocycles. The van der Waals surface area contributed by atoms with Crippen molar-refractivity contribution >= 4 is 23.2 Å². The molecule has 0 saturated heterocycles. The Morgan fingerprint density at radius 1 is 1.05 bits per heavy atom. The number of hydrogen-bond acceptors (Lipinski definition) is 0. The highest BCUT2D eigenvalue weighted by atomic mass is 35.5. The highest BCUT2D eigenvalue weighted by Gasteiger charge is 2.38. The summed E-state index contributed by atoms with van der Waals surface area (Å²) >= 11 is 12.7. The highest BCUT2D eigenvalue weighted by molar-refractivity contribution is 6.21. The molecule has 112 valence electrons. The van der Waals surface area contributed by atoms with Crippen molar-refractivity contribution in [3.05, 3.63) is 35.4 Å². The summed E-state index contributed by atoms with van der Waals surface area (Å²) in [4.78, 5) is 0. The smallest absolute Gasteiger partial charge is 0.0297 e. The molecule has 1 fully saturated rings. The van der Waals surface area contributed by atoms with Crippen LogP contribution in [0, 0.1) is 11.3 Å². The Morgan fingerprint density at radius 3 is 2.05 bits per heavy atom. The molecule has 2 heteroatoms. The van der Waals surface area contributed by atoms with Crippen LogP contribution in [0.1, 0.15) is 56.6 Å². The van der Waals surface area contributed by atoms with Crippen LogP contribution in [0.25, 0.3) is 0 Å². The van der Waals surface area contributed by atoms with Crippen LogP contribution in [-0.2, 0) is 6.42 Å². The zero-order valence-electron chi connectivity index (χ0n) is 12.7. The first-order chi connectivity index (χ1) is 9.61. The van der Waals surface area contributed by atoms with Gasteiger partial charge in [0.25, 0.3) is 0 Å². The van der Waals surface area contributed by atoms with Crippen LogP contribution in [-0.4, -0.2) is 11.8 Å². The third-order valence-electron chi connectivity index (χ3n) is 4.96. The van der Waals surface area contributed by atoms with Gasteiger partial charge in [0.2, 0.25) is 0 Å². The Balaban J connectivity index is 2.14. The van der Waals surface area contributed by atoms with Crippen LogP contribution >= 0.6 is 23.2 Å². The van der Waals surface area contributed by atoms with E-state index >= 15 is 0 Å². The topological polar surface area (TPSA) is 0 Å². The maximum absolute atomic E-state index is 6.35. The lowest BCUT2D eigenvalue weighted by Gasteiger charge is -2.36. The molecule has 0 heterocycles. The van der Waals surface area contributed by atoms with E-state index in [1.165, 1.54) is 36.8 Å². The van der Waals surface area contributed by atoms with Gasteiger partial charge in [-0.25, -0.2) is 0 Å². The largest absolute Gasteiger partial charge is 0.126 e. The van der Waals surface area contributed by atoms with E-state index in [-0.39, 0.29) is 5.41 Å². The predicted molar refractivity (Wildman–Crippen MR) is 90.1 cm³/mol. The van der Waals surface area contributed by atoms with Crippen molar-refractivity contribution in [1.29, 1.82) is 0 Å². The molecule has 0 atom stereocenters. The van der Waals surface area contributed by atoms with E-state index in [2.05, 4.69) is 38.1 Å². The second-order valence-corrected chi connectivity index (χ2v) is 7.22. The van der Waals surface area contributed by atoms with Gasteiger partial charge in [-0.3, -0.25) is 0 Å². The summed E-state index contributed by atoms with van der Waals surface area (Å²) in [5, 5.41) is 0. The van der Waals surface area contributed by atoms with Gasteiger partial charge in [-0.2, -0.15) is 0 Å². The van der Waals surface area contributed by atoms with Crippen molar-refractivity contribution in [2.45, 2.75) is 51.9 Å². The molecular formula is C18H26Cl2. The van der Waals surface area contributed by atoms with Crippen LogP contribution in [0.3, 0.4) is 0 Å². The van der Waals surface area contributed by atoms with Crippen molar-refractivity contribution in [3.8, 4) is 0 Å². The van der Waals surface area contributed by atoms with Crippen molar-refractivity contribution in [3.63, 3.8) is 0 Å². The van der Waals surface area contributed by atoms with Gasteiger partial charge >= 0.3 is 0 Å². The quantitative estimate of drug-likeness (QED) is 0.564. The lowest BCUT2D eigenvalue weighted by molar-refractivity contribution is 0.225. The number of hydrogen-bond donors (Lipinski definition) is 0. The molecular weight excluding hydrogens is 287 g/mol. The molecule has 1 aliphatic rings. The SMILES string of the molecule is CC(C)c1ccc(CC(CCl)(CCl)C2CCCC2)cc1. The maximum atomic E-state index is 6.35. The molecule has 1 aliphatic carbocycles. The van der Waals surface area contributed by atoms with Gasteiger partial charge in [-0.05, 0) is 42.2 Å². The van der Waals surface area contributed by atoms with E-state index in [0.717, 1.165) is 6.42 Å². The molecule has 0 N–H and O–H groups in total. The molecule has 0 bridgehead atoms. The molecule has 1 aromatic carbocycles. The summed E-state index contributed by atoms with van der Waals surface area (Å²) in [5.74, 6) is 2.63. The van der Waals surface area contributed by atoms with E-state index in [0.29, 0.717) is 23.6 Å². The first-order valence-electron chi connectivity index (χ1n) is 7.82. The lowest BCUT2D eigenvalue weighted by Crippen LogP contribution is -2.35. The van der Waals surface area contributed by atoms with Crippen molar-refractivity contribution in [2.75, 3.05) is 11.8 Å². The van der Waals surface area contributed by atoms with Gasteiger partial charge in [0.05, 0.1) is 0 Å². The molecule has 0 spiro atoms. The third-order valence-corrected chi connectivity index (χ3v) is 6.02. The Hall–Kier alpha value is -0.200. The van der Waals surface area contributed by atoms with Crippen LogP contribution in [0.2, 0.25) is 0 Å². The van der Waals surface area contributed by atoms with Crippen LogP contribution in [0.15, 0.2) is 24.3 Å². The van der Waals surface area contributed by atoms with E-state index in [1.54, 1.807) is 0 Å². The van der Waals surface area contributed by atoms with E-state index in [4.69, 9.17) is 23.2 Å². The molecule has 0 unspecified atom stereocenters. The first-order valence-corrected chi connectivity index (χ1v) is 8.89. The Kier molecular flexibility index (Phi) is 5.81. The minimum absolute atomic E-state index is 0.0823. The lowest BCUT2D eigenvalue weighted by atomic mass is 9.73. The molecule has 0 aliphatic heterocycles. The Bertz CT molecular complexity index is 398. The van der Waals surface area contributed by atoms with Crippen LogP contribution < -0.4 is 0 Å². The Morgan fingerprint density at radius 2 is 1.60 bits per heavy atom. The fourth-order valence-electron chi connectivity index (χ4n) is 3.46. The van der Waals surface area contributed by atoms with Crippen molar-refractivity contribution < 1.29 is 0 Å². The van der Waals surface area contributed by atoms with E-state index < -0.39 is 0 Å². The molecule has 1 aromatic rings. The average Bonchev–Trinajstić information content (AvgIpc) is 3.00. The van der Waals surface area contributed by atoms with Crippen molar-refractivity contribution in [1.82, 2.24) is 0 Å². The van der Waals surface area contributed by atoms with Gasteiger partial charge in [0, 0.05) is 17.2 Å². The molecule has 0 nitrogen and oxygen atoms in total. The maximum Gasteiger partial charge on any atom is 0.0297 e. The van der Waals surface area contributed by atoms with E-state index in [9.17, 15) is 0 Å². The van der Waals surface area contributed by atoms with Crippen LogP contribution in [0.4, 0.5) is 0 Å². The zero-order chi connectivity index (χ0) is 14.6. The molecule has 20 heavy (non-hydrogen) atoms. The molecule has 2 rings (SSSR count). The second-order valence-electron chi connectivity index (χ2n) is 6.68. The van der Waals surface area contributed by atoms with Gasteiger partial charge in [0.15, 0.2) is 0 Å². The van der Waals surface area contributed by atoms with Gasteiger partial charge < -0.3 is 0 Å². The van der Waals surface area contributed by atoms with Crippen molar-refractivity contribution in [2.24, 2.45) is 11.3 Å². The Labute approximate surface area is 133 Å². The zero-order valence-corrected chi connectivity index (χ0v) is 14.2. The predicted octanol–water partition coefficient (Wildman–Crippen LogP) is 6.01. The third kappa shape index (κ3) is 3.52. The second kappa shape index (κ2) is 7.18. The summed E-state index contributed by atoms with van der Waals surface area (Å²) in [5.41, 5.74) is 2.86. The highest BCUT2D eigenvalue weighted by Crippen LogP contribution is 2.44. The number of halogens is 2. The average molecular weight is 313 g/mol. The van der Waals surface area contributed by atoms with E-state index in [1.807, 2.05) is 0 Å². The standard InChI is InChI=1S/C18H26Cl2/c1-14(2)16-9-7-15(8-10-16)11-18(12-19,13-20)17-5-3-4-6-17/h7-10,14,17H,3-6,11-13H2,1-2H3. The monoisotopic (exact) mass is 312 g/mol. The molecule has 0 aromatic heterocycles. The summed E-state index contributed by atoms with van der Waals surface area (Å²) in [6.07, 6.45) is 6.29. The van der Waals surface area contributed by atoms with Gasteiger partial charge in [0.1, 0.15) is 0 Å². The number of benzene rings is 1. The summed E-state index contributed by atoms with van der Waals surface area (Å²) in [6.45, 7) is 4.46. The summed E-state index contributed by atoms with van der Waals surface area (Å²) < 4.78 is 0. The van der Waals surface area contributed by atoms with Crippen LogP contribution in [0.5, 0.6) is 0 Å².